The number of nitrogens with one attached hydrogen (secondary N) is 1. The molecule has 2 aliphatic heterocycles. The van der Waals surface area contributed by atoms with E-state index in [1.54, 1.807) is 29.9 Å². The standard InChI is InChI=1S/C27H30N8O3/c1-4-9-34-25(36)21-16-29-26(30-18-5-7-19(8-6-18)33-12-10-32(3)11-13-33)31-23(21)35(34)20-14-22-24(28-15-20)38-17-27(22,2)37/h4-8,14-16,37H,1,9-13,17H2,2-3H3,(H,29,30,31). The second-order valence-electron chi connectivity index (χ2n) is 9.99. The maximum Gasteiger partial charge on any atom is 0.278 e. The van der Waals surface area contributed by atoms with Crippen LogP contribution in [0.5, 0.6) is 5.88 Å². The van der Waals surface area contributed by atoms with Crippen molar-refractivity contribution in [1.82, 2.24) is 29.2 Å². The first-order chi connectivity index (χ1) is 18.3. The first kappa shape index (κ1) is 24.1. The second-order valence-corrected chi connectivity index (χ2v) is 9.99. The van der Waals surface area contributed by atoms with Crippen molar-refractivity contribution in [2.45, 2.75) is 19.1 Å². The Morgan fingerprint density at radius 3 is 2.63 bits per heavy atom. The predicted octanol–water partition coefficient (Wildman–Crippen LogP) is 2.26. The number of allylic oxidation sites excluding steroid dienone is 1. The number of fused-ring (bicyclic) bond motifs is 2. The van der Waals surface area contributed by atoms with E-state index in [1.165, 1.54) is 16.6 Å². The molecular weight excluding hydrogens is 484 g/mol. The third-order valence-electron chi connectivity index (χ3n) is 7.12. The number of hydrogen-bond acceptors (Lipinski definition) is 9. The van der Waals surface area contributed by atoms with Gasteiger partial charge in [-0.25, -0.2) is 19.3 Å². The smallest absolute Gasteiger partial charge is 0.278 e. The predicted molar refractivity (Wildman–Crippen MR) is 146 cm³/mol. The molecule has 0 bridgehead atoms. The molecule has 38 heavy (non-hydrogen) atoms. The van der Waals surface area contributed by atoms with Crippen LogP contribution in [0, 0.1) is 0 Å². The van der Waals surface area contributed by atoms with Crippen molar-refractivity contribution in [3.8, 4) is 11.6 Å². The number of ether oxygens (including phenoxy) is 1. The molecule has 1 atom stereocenters. The molecule has 0 amide bonds. The number of nitrogens with zero attached hydrogens (tertiary/aromatic N) is 7. The number of anilines is 3. The largest absolute Gasteiger partial charge is 0.474 e. The molecule has 1 aromatic carbocycles. The topological polar surface area (TPSA) is 114 Å². The monoisotopic (exact) mass is 514 g/mol. The molecule has 1 saturated heterocycles. The number of aliphatic hydroxyl groups is 1. The zero-order chi connectivity index (χ0) is 26.4. The average Bonchev–Trinajstić information content (AvgIpc) is 3.37. The maximum absolute atomic E-state index is 13.2. The molecule has 1 fully saturated rings. The van der Waals surface area contributed by atoms with Gasteiger partial charge in [0.25, 0.3) is 5.56 Å². The van der Waals surface area contributed by atoms with Gasteiger partial charge in [0, 0.05) is 43.8 Å². The highest BCUT2D eigenvalue weighted by Crippen LogP contribution is 2.36. The maximum atomic E-state index is 13.2. The van der Waals surface area contributed by atoms with Gasteiger partial charge in [-0.15, -0.1) is 6.58 Å². The minimum Gasteiger partial charge on any atom is -0.474 e. The lowest BCUT2D eigenvalue weighted by Gasteiger charge is -2.34. The van der Waals surface area contributed by atoms with Gasteiger partial charge < -0.3 is 25.0 Å². The molecule has 11 heteroatoms. The summed E-state index contributed by atoms with van der Waals surface area (Å²) >= 11 is 0. The Morgan fingerprint density at radius 1 is 1.13 bits per heavy atom. The van der Waals surface area contributed by atoms with E-state index in [2.05, 4.69) is 50.8 Å². The van der Waals surface area contributed by atoms with Gasteiger partial charge in [-0.2, -0.15) is 4.98 Å². The lowest BCUT2D eigenvalue weighted by molar-refractivity contribution is 0.0346. The van der Waals surface area contributed by atoms with Crippen molar-refractivity contribution in [1.29, 1.82) is 0 Å². The Kier molecular flexibility index (Phi) is 5.88. The van der Waals surface area contributed by atoms with E-state index < -0.39 is 5.60 Å². The highest BCUT2D eigenvalue weighted by Gasteiger charge is 2.36. The molecule has 0 saturated carbocycles. The minimum absolute atomic E-state index is 0.120. The molecule has 6 rings (SSSR count). The van der Waals surface area contributed by atoms with E-state index in [0.717, 1.165) is 31.9 Å². The van der Waals surface area contributed by atoms with Crippen LogP contribution in [0.1, 0.15) is 12.5 Å². The first-order valence-electron chi connectivity index (χ1n) is 12.6. The van der Waals surface area contributed by atoms with E-state index >= 15 is 0 Å². The van der Waals surface area contributed by atoms with Crippen molar-refractivity contribution in [2.24, 2.45) is 0 Å². The fourth-order valence-corrected chi connectivity index (χ4v) is 4.93. The van der Waals surface area contributed by atoms with Gasteiger partial charge in [0.05, 0.1) is 24.0 Å². The van der Waals surface area contributed by atoms with Gasteiger partial charge in [0.15, 0.2) is 5.65 Å². The Morgan fingerprint density at radius 2 is 1.89 bits per heavy atom. The third-order valence-corrected chi connectivity index (χ3v) is 7.12. The van der Waals surface area contributed by atoms with Gasteiger partial charge in [-0.1, -0.05) is 6.08 Å². The molecule has 3 aromatic heterocycles. The van der Waals surface area contributed by atoms with Crippen LogP contribution >= 0.6 is 0 Å². The van der Waals surface area contributed by atoms with E-state index in [-0.39, 0.29) is 18.7 Å². The molecule has 4 aromatic rings. The SMILES string of the molecule is C=CCn1c(=O)c2cnc(Nc3ccc(N4CCN(C)CC4)cc3)nc2n1-c1cnc2c(c1)C(C)(O)CO2. The van der Waals surface area contributed by atoms with Crippen molar-refractivity contribution in [2.75, 3.05) is 50.1 Å². The number of pyridine rings is 1. The molecule has 0 spiro atoms. The zero-order valence-corrected chi connectivity index (χ0v) is 21.5. The second kappa shape index (κ2) is 9.26. The number of piperazine rings is 1. The Bertz CT molecular complexity index is 1570. The summed E-state index contributed by atoms with van der Waals surface area (Å²) in [6, 6.07) is 9.97. The van der Waals surface area contributed by atoms with Gasteiger partial charge in [0.2, 0.25) is 11.8 Å². The summed E-state index contributed by atoms with van der Waals surface area (Å²) in [5, 5.41) is 14.4. The normalized spacial score (nSPS) is 19.4. The lowest BCUT2D eigenvalue weighted by Crippen LogP contribution is -2.44. The molecule has 0 radical (unpaired) electrons. The van der Waals surface area contributed by atoms with E-state index in [0.29, 0.717) is 34.1 Å². The lowest BCUT2D eigenvalue weighted by atomic mass is 10.0. The average molecular weight is 515 g/mol. The van der Waals surface area contributed by atoms with Gasteiger partial charge in [0.1, 0.15) is 17.6 Å². The van der Waals surface area contributed by atoms with Crippen LogP contribution in [-0.4, -0.2) is 74.2 Å². The number of hydrogen-bond donors (Lipinski definition) is 2. The highest BCUT2D eigenvalue weighted by molar-refractivity contribution is 5.77. The van der Waals surface area contributed by atoms with E-state index in [4.69, 9.17) is 9.72 Å². The van der Waals surface area contributed by atoms with Crippen molar-refractivity contribution < 1.29 is 9.84 Å². The molecule has 2 aliphatic rings. The number of likely N-dealkylation sites (N-methyl/N-ethyl adjacent to an activating group) is 1. The summed E-state index contributed by atoms with van der Waals surface area (Å²) in [6.45, 7) is 9.95. The summed E-state index contributed by atoms with van der Waals surface area (Å²) in [4.78, 5) is 31.4. The van der Waals surface area contributed by atoms with Gasteiger partial charge in [-0.05, 0) is 44.3 Å². The molecule has 1 unspecified atom stereocenters. The van der Waals surface area contributed by atoms with Crippen LogP contribution in [0.25, 0.3) is 16.7 Å². The first-order valence-corrected chi connectivity index (χ1v) is 12.6. The molecule has 5 heterocycles. The quantitative estimate of drug-likeness (QED) is 0.374. The highest BCUT2D eigenvalue weighted by atomic mass is 16.5. The van der Waals surface area contributed by atoms with Gasteiger partial charge in [-0.3, -0.25) is 4.79 Å². The van der Waals surface area contributed by atoms with Gasteiger partial charge >= 0.3 is 0 Å². The molecule has 2 N–H and O–H groups in total. The van der Waals surface area contributed by atoms with Crippen LogP contribution in [-0.2, 0) is 12.1 Å². The number of rotatable bonds is 6. The van der Waals surface area contributed by atoms with E-state index in [9.17, 15) is 9.90 Å². The molecule has 196 valence electrons. The Balaban J connectivity index is 1.36. The van der Waals surface area contributed by atoms with Crippen molar-refractivity contribution in [3.63, 3.8) is 0 Å². The fourth-order valence-electron chi connectivity index (χ4n) is 4.93. The summed E-state index contributed by atoms with van der Waals surface area (Å²) in [5.41, 5.74) is 2.15. The van der Waals surface area contributed by atoms with Crippen LogP contribution in [0.3, 0.4) is 0 Å². The minimum atomic E-state index is -1.18. The number of aromatic nitrogens is 5. The van der Waals surface area contributed by atoms with Crippen molar-refractivity contribution >= 4 is 28.4 Å². The third kappa shape index (κ3) is 4.19. The van der Waals surface area contributed by atoms with Crippen LogP contribution in [0.2, 0.25) is 0 Å². The van der Waals surface area contributed by atoms with Crippen LogP contribution in [0.15, 0.2) is 60.2 Å². The summed E-state index contributed by atoms with van der Waals surface area (Å²) < 4.78 is 8.72. The Labute approximate surface area is 219 Å². The summed E-state index contributed by atoms with van der Waals surface area (Å²) in [7, 11) is 2.14. The molecule has 0 aliphatic carbocycles. The molecular formula is C27H30N8O3. The number of benzene rings is 1. The van der Waals surface area contributed by atoms with Crippen LogP contribution in [0.4, 0.5) is 17.3 Å². The van der Waals surface area contributed by atoms with E-state index in [1.807, 2.05) is 12.1 Å². The van der Waals surface area contributed by atoms with Crippen LogP contribution < -0.4 is 20.5 Å². The Hall–Kier alpha value is -4.22. The fraction of sp³-hybridized carbons (Fsp3) is 0.333. The summed E-state index contributed by atoms with van der Waals surface area (Å²) in [5.74, 6) is 0.739. The molecule has 11 nitrogen and oxygen atoms in total. The summed E-state index contributed by atoms with van der Waals surface area (Å²) in [6.07, 6.45) is 4.78. The van der Waals surface area contributed by atoms with Crippen molar-refractivity contribution in [3.05, 3.63) is 71.3 Å². The zero-order valence-electron chi connectivity index (χ0n) is 21.5.